The zero-order valence-electron chi connectivity index (χ0n) is 9.25. The summed E-state index contributed by atoms with van der Waals surface area (Å²) in [6.07, 6.45) is 0. The molecule has 0 aliphatic rings. The summed E-state index contributed by atoms with van der Waals surface area (Å²) < 4.78 is 6.23. The Morgan fingerprint density at radius 2 is 1.89 bits per heavy atom. The number of aryl methyl sites for hydroxylation is 1. The fourth-order valence-corrected chi connectivity index (χ4v) is 2.14. The lowest BCUT2D eigenvalue weighted by atomic mass is 10.3. The van der Waals surface area contributed by atoms with Crippen molar-refractivity contribution in [3.8, 4) is 11.6 Å². The molecule has 0 saturated carbocycles. The number of rotatable bonds is 2. The molecule has 0 aliphatic heterocycles. The summed E-state index contributed by atoms with van der Waals surface area (Å²) in [5.41, 5.74) is 5.61. The van der Waals surface area contributed by atoms with Crippen molar-refractivity contribution in [2.24, 2.45) is 0 Å². The monoisotopic (exact) mass is 347 g/mol. The number of nitrogens with zero attached hydrogens (tertiary/aromatic N) is 2. The molecule has 2 rings (SSSR count). The molecule has 0 bridgehead atoms. The van der Waals surface area contributed by atoms with Crippen molar-refractivity contribution < 1.29 is 4.74 Å². The second kappa shape index (κ2) is 5.30. The van der Waals surface area contributed by atoms with Gasteiger partial charge >= 0.3 is 0 Å². The van der Waals surface area contributed by atoms with E-state index in [1.54, 1.807) is 19.1 Å². The Kier molecular flexibility index (Phi) is 3.94. The van der Waals surface area contributed by atoms with Crippen LogP contribution < -0.4 is 10.5 Å². The first-order valence-corrected chi connectivity index (χ1v) is 6.44. The first-order valence-electron chi connectivity index (χ1n) is 4.89. The van der Waals surface area contributed by atoms with Gasteiger partial charge in [-0.05, 0) is 28.9 Å². The molecule has 0 radical (unpaired) electrons. The van der Waals surface area contributed by atoms with Crippen LogP contribution in [0.5, 0.6) is 11.6 Å². The van der Waals surface area contributed by atoms with Crippen molar-refractivity contribution >= 4 is 44.9 Å². The maximum atomic E-state index is 6.04. The number of hydrogen-bond donors (Lipinski definition) is 1. The summed E-state index contributed by atoms with van der Waals surface area (Å²) in [5, 5.41) is 0.911. The molecule has 18 heavy (non-hydrogen) atoms. The summed E-state index contributed by atoms with van der Waals surface area (Å²) >= 11 is 15.3. The van der Waals surface area contributed by atoms with Crippen LogP contribution in [0.25, 0.3) is 0 Å². The number of benzene rings is 1. The van der Waals surface area contributed by atoms with Crippen LogP contribution in [-0.4, -0.2) is 9.97 Å². The molecular formula is C11H8BrCl2N3O. The highest BCUT2D eigenvalue weighted by molar-refractivity contribution is 9.10. The number of anilines is 1. The Hall–Kier alpha value is -1.04. The number of hydrogen-bond acceptors (Lipinski definition) is 4. The topological polar surface area (TPSA) is 61.0 Å². The van der Waals surface area contributed by atoms with Crippen LogP contribution in [0.15, 0.2) is 22.7 Å². The van der Waals surface area contributed by atoms with Gasteiger partial charge in [-0.15, -0.1) is 0 Å². The van der Waals surface area contributed by atoms with Crippen LogP contribution in [0.3, 0.4) is 0 Å². The molecular weight excluding hydrogens is 341 g/mol. The van der Waals surface area contributed by atoms with Crippen LogP contribution in [0.1, 0.15) is 5.82 Å². The molecule has 7 heteroatoms. The Morgan fingerprint density at radius 1 is 1.17 bits per heavy atom. The summed E-state index contributed by atoms with van der Waals surface area (Å²) in [6.45, 7) is 1.72. The minimum Gasteiger partial charge on any atom is -0.437 e. The Balaban J connectivity index is 2.36. The van der Waals surface area contributed by atoms with E-state index in [0.717, 1.165) is 0 Å². The smallest absolute Gasteiger partial charge is 0.224 e. The predicted molar refractivity (Wildman–Crippen MR) is 75.4 cm³/mol. The average Bonchev–Trinajstić information content (AvgIpc) is 2.24. The maximum Gasteiger partial charge on any atom is 0.224 e. The van der Waals surface area contributed by atoms with Crippen LogP contribution in [0.2, 0.25) is 10.0 Å². The molecule has 0 saturated heterocycles. The van der Waals surface area contributed by atoms with E-state index in [-0.39, 0.29) is 0 Å². The molecule has 0 fully saturated rings. The third-order valence-corrected chi connectivity index (χ3v) is 3.52. The Bertz CT molecular complexity index is 587. The van der Waals surface area contributed by atoms with Gasteiger partial charge in [-0.1, -0.05) is 23.2 Å². The van der Waals surface area contributed by atoms with E-state index in [1.807, 2.05) is 0 Å². The average molecular weight is 349 g/mol. The molecule has 94 valence electrons. The largest absolute Gasteiger partial charge is 0.437 e. The molecule has 0 unspecified atom stereocenters. The van der Waals surface area contributed by atoms with E-state index >= 15 is 0 Å². The fraction of sp³-hybridized carbons (Fsp3) is 0.0909. The van der Waals surface area contributed by atoms with E-state index in [9.17, 15) is 0 Å². The summed E-state index contributed by atoms with van der Waals surface area (Å²) in [7, 11) is 0. The van der Waals surface area contributed by atoms with Gasteiger partial charge in [-0.25, -0.2) is 4.98 Å². The minimum atomic E-state index is 0.320. The Morgan fingerprint density at radius 3 is 2.56 bits per heavy atom. The molecule has 0 amide bonds. The predicted octanol–water partition coefficient (Wildman–Crippen LogP) is 4.23. The molecule has 1 heterocycles. The number of aromatic nitrogens is 2. The molecule has 0 aliphatic carbocycles. The van der Waals surface area contributed by atoms with Crippen LogP contribution in [0, 0.1) is 6.92 Å². The van der Waals surface area contributed by atoms with Crippen molar-refractivity contribution in [2.75, 3.05) is 5.73 Å². The lowest BCUT2D eigenvalue weighted by Crippen LogP contribution is -1.98. The van der Waals surface area contributed by atoms with Gasteiger partial charge in [-0.3, -0.25) is 0 Å². The zero-order chi connectivity index (χ0) is 13.3. The lowest BCUT2D eigenvalue weighted by Gasteiger charge is -2.09. The molecule has 4 nitrogen and oxygen atoms in total. The van der Waals surface area contributed by atoms with Gasteiger partial charge in [0, 0.05) is 16.6 Å². The van der Waals surface area contributed by atoms with E-state index < -0.39 is 0 Å². The molecule has 0 spiro atoms. The molecule has 2 N–H and O–H groups in total. The first kappa shape index (κ1) is 13.4. The summed E-state index contributed by atoms with van der Waals surface area (Å²) in [6, 6.07) is 4.76. The van der Waals surface area contributed by atoms with Crippen molar-refractivity contribution in [2.45, 2.75) is 6.92 Å². The van der Waals surface area contributed by atoms with Crippen LogP contribution >= 0.6 is 39.1 Å². The quantitative estimate of drug-likeness (QED) is 0.825. The Labute approximate surface area is 122 Å². The van der Waals surface area contributed by atoms with E-state index in [0.29, 0.717) is 37.8 Å². The summed E-state index contributed by atoms with van der Waals surface area (Å²) in [5.74, 6) is 1.57. The second-order valence-corrected chi connectivity index (χ2v) is 5.15. The number of nitrogen functional groups attached to an aromatic ring is 1. The van der Waals surface area contributed by atoms with Gasteiger partial charge in [-0.2, -0.15) is 4.98 Å². The third-order valence-electron chi connectivity index (χ3n) is 2.02. The lowest BCUT2D eigenvalue weighted by molar-refractivity contribution is 0.460. The van der Waals surface area contributed by atoms with Crippen molar-refractivity contribution in [1.29, 1.82) is 0 Å². The van der Waals surface area contributed by atoms with Gasteiger partial charge in [0.15, 0.2) is 0 Å². The SMILES string of the molecule is Cc1nc(N)cc(Oc2cc(Cl)c(Br)cc2Cl)n1. The van der Waals surface area contributed by atoms with Crippen LogP contribution in [0.4, 0.5) is 5.82 Å². The zero-order valence-corrected chi connectivity index (χ0v) is 12.3. The fourth-order valence-electron chi connectivity index (χ4n) is 1.31. The van der Waals surface area contributed by atoms with E-state index in [1.165, 1.54) is 6.07 Å². The molecule has 0 atom stereocenters. The first-order chi connectivity index (χ1) is 8.45. The highest BCUT2D eigenvalue weighted by atomic mass is 79.9. The molecule has 2 aromatic rings. The number of nitrogens with two attached hydrogens (primary N) is 1. The van der Waals surface area contributed by atoms with Crippen molar-refractivity contribution in [3.63, 3.8) is 0 Å². The summed E-state index contributed by atoms with van der Waals surface area (Å²) in [4.78, 5) is 8.05. The van der Waals surface area contributed by atoms with Crippen molar-refractivity contribution in [1.82, 2.24) is 9.97 Å². The highest BCUT2D eigenvalue weighted by Crippen LogP contribution is 2.36. The molecule has 1 aromatic carbocycles. The van der Waals surface area contributed by atoms with Gasteiger partial charge in [0.05, 0.1) is 10.0 Å². The van der Waals surface area contributed by atoms with Gasteiger partial charge in [0.1, 0.15) is 17.4 Å². The maximum absolute atomic E-state index is 6.04. The van der Waals surface area contributed by atoms with Crippen LogP contribution in [-0.2, 0) is 0 Å². The minimum absolute atomic E-state index is 0.320. The normalized spacial score (nSPS) is 10.4. The highest BCUT2D eigenvalue weighted by Gasteiger charge is 2.09. The third kappa shape index (κ3) is 3.04. The van der Waals surface area contributed by atoms with E-state index in [4.69, 9.17) is 33.7 Å². The van der Waals surface area contributed by atoms with E-state index in [2.05, 4.69) is 25.9 Å². The van der Waals surface area contributed by atoms with Crippen molar-refractivity contribution in [3.05, 3.63) is 38.5 Å². The molecule has 1 aromatic heterocycles. The van der Waals surface area contributed by atoms with Gasteiger partial charge in [0.25, 0.3) is 0 Å². The van der Waals surface area contributed by atoms with Gasteiger partial charge < -0.3 is 10.5 Å². The van der Waals surface area contributed by atoms with Gasteiger partial charge in [0.2, 0.25) is 5.88 Å². The second-order valence-electron chi connectivity index (χ2n) is 3.48. The number of ether oxygens (including phenoxy) is 1. The number of halogens is 3. The standard InChI is InChI=1S/C11H8BrCl2N3O/c1-5-16-10(15)4-11(17-5)18-9-3-7(13)6(12)2-8(9)14/h2-4H,1H3,(H2,15,16,17).